The molecule has 1 N–H and O–H groups in total. The van der Waals surface area contributed by atoms with E-state index in [-0.39, 0.29) is 5.91 Å². The van der Waals surface area contributed by atoms with Crippen LogP contribution in [0.1, 0.15) is 42.0 Å². The number of hydrogen-bond acceptors (Lipinski definition) is 5. The first kappa shape index (κ1) is 18.8. The summed E-state index contributed by atoms with van der Waals surface area (Å²) in [6, 6.07) is 5.72. The Morgan fingerprint density at radius 3 is 2.64 bits per heavy atom. The molecule has 0 bridgehead atoms. The fourth-order valence-electron chi connectivity index (χ4n) is 2.35. The lowest BCUT2D eigenvalue weighted by molar-refractivity contribution is 0.0947. The highest BCUT2D eigenvalue weighted by Gasteiger charge is 2.13. The first-order valence-electron chi connectivity index (χ1n) is 8.69. The van der Waals surface area contributed by atoms with Crippen molar-refractivity contribution in [1.82, 2.24) is 20.3 Å². The minimum Gasteiger partial charge on any atom is -0.351 e. The average Bonchev–Trinajstić information content (AvgIpc) is 2.59. The molecule has 25 heavy (non-hydrogen) atoms. The van der Waals surface area contributed by atoms with Crippen LogP contribution in [0.25, 0.3) is 0 Å². The van der Waals surface area contributed by atoms with Crippen molar-refractivity contribution in [3.05, 3.63) is 47.5 Å². The molecule has 2 heterocycles. The zero-order valence-corrected chi connectivity index (χ0v) is 15.5. The van der Waals surface area contributed by atoms with Gasteiger partial charge in [0.15, 0.2) is 0 Å². The molecule has 1 amide bonds. The van der Waals surface area contributed by atoms with Crippen molar-refractivity contribution in [3.8, 4) is 0 Å². The molecule has 6 nitrogen and oxygen atoms in total. The third-order valence-electron chi connectivity index (χ3n) is 3.91. The maximum Gasteiger partial charge on any atom is 0.270 e. The van der Waals surface area contributed by atoms with Crippen LogP contribution in [0.3, 0.4) is 0 Å². The molecule has 0 aliphatic carbocycles. The third-order valence-corrected chi connectivity index (χ3v) is 3.91. The molecule has 0 aliphatic rings. The van der Waals surface area contributed by atoms with Gasteiger partial charge in [0.25, 0.3) is 5.91 Å². The van der Waals surface area contributed by atoms with Crippen LogP contribution < -0.4 is 10.2 Å². The van der Waals surface area contributed by atoms with E-state index < -0.39 is 0 Å². The Labute approximate surface area is 149 Å². The van der Waals surface area contributed by atoms with Crippen LogP contribution in [0.15, 0.2) is 30.6 Å². The molecule has 0 aliphatic heterocycles. The van der Waals surface area contributed by atoms with Gasteiger partial charge in [0.2, 0.25) is 5.95 Å². The highest BCUT2D eigenvalue weighted by Crippen LogP contribution is 2.10. The fourth-order valence-corrected chi connectivity index (χ4v) is 2.35. The first-order valence-corrected chi connectivity index (χ1v) is 8.69. The standard InChI is InChI=1S/C19H27N5O/c1-14(2)5-11-21-18(25)17-13-15(3)22-19(23-17)24(4)12-8-16-6-9-20-10-7-16/h6-7,9-10,13-14H,5,8,11-12H2,1-4H3,(H,21,25). The summed E-state index contributed by atoms with van der Waals surface area (Å²) in [4.78, 5) is 27.2. The Kier molecular flexibility index (Phi) is 6.86. The molecule has 0 spiro atoms. The van der Waals surface area contributed by atoms with E-state index in [1.807, 2.05) is 31.0 Å². The lowest BCUT2D eigenvalue weighted by Crippen LogP contribution is -2.28. The molecule has 134 valence electrons. The number of nitrogens with zero attached hydrogens (tertiary/aromatic N) is 4. The highest BCUT2D eigenvalue weighted by molar-refractivity contribution is 5.92. The Balaban J connectivity index is 2.00. The molecule has 2 aromatic rings. The summed E-state index contributed by atoms with van der Waals surface area (Å²) >= 11 is 0. The van der Waals surface area contributed by atoms with Crippen molar-refractivity contribution in [2.45, 2.75) is 33.6 Å². The van der Waals surface area contributed by atoms with E-state index in [4.69, 9.17) is 0 Å². The number of amides is 1. The maximum absolute atomic E-state index is 12.3. The fraction of sp³-hybridized carbons (Fsp3) is 0.474. The Morgan fingerprint density at radius 1 is 1.24 bits per heavy atom. The lowest BCUT2D eigenvalue weighted by Gasteiger charge is -2.18. The van der Waals surface area contributed by atoms with E-state index in [2.05, 4.69) is 34.1 Å². The quantitative estimate of drug-likeness (QED) is 0.799. The van der Waals surface area contributed by atoms with Gasteiger partial charge in [-0.2, -0.15) is 0 Å². The van der Waals surface area contributed by atoms with Crippen LogP contribution in [0.5, 0.6) is 0 Å². The van der Waals surface area contributed by atoms with Crippen molar-refractivity contribution in [2.75, 3.05) is 25.0 Å². The van der Waals surface area contributed by atoms with E-state index >= 15 is 0 Å². The summed E-state index contributed by atoms with van der Waals surface area (Å²) in [5, 5.41) is 2.93. The van der Waals surface area contributed by atoms with Crippen molar-refractivity contribution < 1.29 is 4.79 Å². The number of hydrogen-bond donors (Lipinski definition) is 1. The Hall–Kier alpha value is -2.50. The molecule has 0 saturated carbocycles. The molecule has 0 atom stereocenters. The maximum atomic E-state index is 12.3. The lowest BCUT2D eigenvalue weighted by atomic mass is 10.1. The zero-order valence-electron chi connectivity index (χ0n) is 15.5. The molecule has 2 rings (SSSR count). The number of carbonyl (C=O) groups is 1. The van der Waals surface area contributed by atoms with Crippen LogP contribution in [0.4, 0.5) is 5.95 Å². The minimum atomic E-state index is -0.144. The van der Waals surface area contributed by atoms with Gasteiger partial charge in [0.1, 0.15) is 5.69 Å². The van der Waals surface area contributed by atoms with Gasteiger partial charge in [-0.15, -0.1) is 0 Å². The van der Waals surface area contributed by atoms with Gasteiger partial charge in [-0.1, -0.05) is 13.8 Å². The van der Waals surface area contributed by atoms with Crippen molar-refractivity contribution >= 4 is 11.9 Å². The largest absolute Gasteiger partial charge is 0.351 e. The molecule has 0 aromatic carbocycles. The van der Waals surface area contributed by atoms with Crippen molar-refractivity contribution in [1.29, 1.82) is 0 Å². The van der Waals surface area contributed by atoms with Gasteiger partial charge < -0.3 is 10.2 Å². The zero-order chi connectivity index (χ0) is 18.2. The van der Waals surface area contributed by atoms with E-state index in [9.17, 15) is 4.79 Å². The molecule has 0 radical (unpaired) electrons. The SMILES string of the molecule is Cc1cc(C(=O)NCCC(C)C)nc(N(C)CCc2ccncc2)n1. The molecule has 0 fully saturated rings. The second-order valence-electron chi connectivity index (χ2n) is 6.66. The molecule has 2 aromatic heterocycles. The smallest absolute Gasteiger partial charge is 0.270 e. The summed E-state index contributed by atoms with van der Waals surface area (Å²) < 4.78 is 0. The van der Waals surface area contributed by atoms with Gasteiger partial charge in [-0.05, 0) is 49.4 Å². The summed E-state index contributed by atoms with van der Waals surface area (Å²) in [6.45, 7) is 7.58. The van der Waals surface area contributed by atoms with E-state index in [1.165, 1.54) is 5.56 Å². The number of pyridine rings is 1. The Bertz CT molecular complexity index is 687. The molecular weight excluding hydrogens is 314 g/mol. The molecule has 0 unspecified atom stereocenters. The second kappa shape index (κ2) is 9.11. The number of carbonyl (C=O) groups excluding carboxylic acids is 1. The van der Waals surface area contributed by atoms with Crippen LogP contribution in [0.2, 0.25) is 0 Å². The summed E-state index contributed by atoms with van der Waals surface area (Å²) in [6.07, 6.45) is 5.40. The van der Waals surface area contributed by atoms with E-state index in [0.717, 1.165) is 25.1 Å². The van der Waals surface area contributed by atoms with Crippen molar-refractivity contribution in [3.63, 3.8) is 0 Å². The highest BCUT2D eigenvalue weighted by atomic mass is 16.1. The van der Waals surface area contributed by atoms with Crippen LogP contribution in [0, 0.1) is 12.8 Å². The Morgan fingerprint density at radius 2 is 1.96 bits per heavy atom. The monoisotopic (exact) mass is 341 g/mol. The molecule has 6 heteroatoms. The van der Waals surface area contributed by atoms with Gasteiger partial charge in [-0.3, -0.25) is 9.78 Å². The van der Waals surface area contributed by atoms with Crippen molar-refractivity contribution in [2.24, 2.45) is 5.92 Å². The first-order chi connectivity index (χ1) is 12.0. The van der Waals surface area contributed by atoms with Crippen LogP contribution in [-0.4, -0.2) is 41.0 Å². The van der Waals surface area contributed by atoms with E-state index in [0.29, 0.717) is 24.1 Å². The number of nitrogens with one attached hydrogen (secondary N) is 1. The number of rotatable bonds is 8. The van der Waals surface area contributed by atoms with Gasteiger partial charge in [0.05, 0.1) is 0 Å². The van der Waals surface area contributed by atoms with Gasteiger partial charge >= 0.3 is 0 Å². The summed E-state index contributed by atoms with van der Waals surface area (Å²) in [5.74, 6) is 0.986. The number of aryl methyl sites for hydroxylation is 1. The topological polar surface area (TPSA) is 71.0 Å². The number of aromatic nitrogens is 3. The summed E-state index contributed by atoms with van der Waals surface area (Å²) in [7, 11) is 1.94. The summed E-state index contributed by atoms with van der Waals surface area (Å²) in [5.41, 5.74) is 2.41. The second-order valence-corrected chi connectivity index (χ2v) is 6.66. The minimum absolute atomic E-state index is 0.144. The van der Waals surface area contributed by atoms with Crippen LogP contribution >= 0.6 is 0 Å². The predicted molar refractivity (Wildman–Crippen MR) is 99.8 cm³/mol. The molecule has 0 saturated heterocycles. The number of anilines is 1. The number of likely N-dealkylation sites (N-methyl/N-ethyl adjacent to an activating group) is 1. The average molecular weight is 341 g/mol. The van der Waals surface area contributed by atoms with E-state index in [1.54, 1.807) is 18.5 Å². The van der Waals surface area contributed by atoms with Gasteiger partial charge in [-0.25, -0.2) is 9.97 Å². The third kappa shape index (κ3) is 6.14. The van der Waals surface area contributed by atoms with Crippen LogP contribution in [-0.2, 0) is 6.42 Å². The molecular formula is C19H27N5O. The van der Waals surface area contributed by atoms with Gasteiger partial charge in [0, 0.05) is 38.2 Å². The normalized spacial score (nSPS) is 10.8. The predicted octanol–water partition coefficient (Wildman–Crippen LogP) is 2.63.